The number of carbonyl (C=O) groups excluding carboxylic acids is 1. The van der Waals surface area contributed by atoms with Crippen molar-refractivity contribution in [3.8, 4) is 0 Å². The zero-order valence-electron chi connectivity index (χ0n) is 11.6. The van der Waals surface area contributed by atoms with Crippen LogP contribution in [-0.2, 0) is 9.53 Å². The molecule has 4 rings (SSSR count). The van der Waals surface area contributed by atoms with E-state index in [0.717, 1.165) is 6.42 Å². The molecular weight excluding hydrogens is 244 g/mol. The number of aliphatic hydroxyl groups is 2. The number of esters is 1. The molecule has 4 aliphatic carbocycles. The maximum absolute atomic E-state index is 11.9. The molecule has 5 atom stereocenters. The molecule has 4 bridgehead atoms. The monoisotopic (exact) mass is 266 g/mol. The van der Waals surface area contributed by atoms with Gasteiger partial charge in [0.2, 0.25) is 0 Å². The van der Waals surface area contributed by atoms with Gasteiger partial charge >= 0.3 is 5.97 Å². The molecule has 0 amide bonds. The lowest BCUT2D eigenvalue weighted by Gasteiger charge is -2.65. The summed E-state index contributed by atoms with van der Waals surface area (Å²) in [5.41, 5.74) is -2.14. The lowest BCUT2D eigenvalue weighted by molar-refractivity contribution is -0.288. The minimum absolute atomic E-state index is 0.139. The molecule has 0 aromatic heterocycles. The second kappa shape index (κ2) is 3.61. The number of hydrogen-bond donors (Lipinski definition) is 2. The third-order valence-electron chi connectivity index (χ3n) is 5.45. The van der Waals surface area contributed by atoms with E-state index in [1.165, 1.54) is 0 Å². The van der Waals surface area contributed by atoms with Gasteiger partial charge in [-0.2, -0.15) is 0 Å². The van der Waals surface area contributed by atoms with E-state index < -0.39 is 22.8 Å². The Labute approximate surface area is 113 Å². The van der Waals surface area contributed by atoms with E-state index in [9.17, 15) is 15.0 Å². The summed E-state index contributed by atoms with van der Waals surface area (Å²) in [5, 5.41) is 21.4. The number of hydrogen-bond acceptors (Lipinski definition) is 4. The van der Waals surface area contributed by atoms with Gasteiger partial charge in [-0.05, 0) is 32.1 Å². The molecule has 0 aromatic carbocycles. The van der Waals surface area contributed by atoms with Crippen LogP contribution in [0.5, 0.6) is 0 Å². The first-order valence-corrected chi connectivity index (χ1v) is 7.02. The molecular formula is C15H22O4. The van der Waals surface area contributed by atoms with Crippen LogP contribution < -0.4 is 0 Å². The van der Waals surface area contributed by atoms with Crippen LogP contribution in [0, 0.1) is 11.8 Å². The van der Waals surface area contributed by atoms with Gasteiger partial charge in [0.15, 0.2) is 0 Å². The number of rotatable bonds is 2. The maximum Gasteiger partial charge on any atom is 0.333 e. The Morgan fingerprint density at radius 2 is 1.95 bits per heavy atom. The molecule has 4 saturated carbocycles. The van der Waals surface area contributed by atoms with Gasteiger partial charge < -0.3 is 14.9 Å². The Hall–Kier alpha value is -0.870. The molecule has 4 fully saturated rings. The van der Waals surface area contributed by atoms with Gasteiger partial charge in [0.1, 0.15) is 5.60 Å². The first-order valence-electron chi connectivity index (χ1n) is 7.02. The van der Waals surface area contributed by atoms with Crippen LogP contribution in [0.3, 0.4) is 0 Å². The summed E-state index contributed by atoms with van der Waals surface area (Å²) in [5.74, 6) is -0.312. The van der Waals surface area contributed by atoms with Gasteiger partial charge in [0.05, 0.1) is 11.2 Å². The highest BCUT2D eigenvalue weighted by Gasteiger charge is 2.68. The van der Waals surface area contributed by atoms with Gasteiger partial charge in [-0.15, -0.1) is 0 Å². The van der Waals surface area contributed by atoms with E-state index in [0.29, 0.717) is 31.3 Å². The quantitative estimate of drug-likeness (QED) is 0.588. The summed E-state index contributed by atoms with van der Waals surface area (Å²) in [6, 6.07) is 0. The zero-order chi connectivity index (χ0) is 14.1. The fourth-order valence-electron chi connectivity index (χ4n) is 4.81. The summed E-state index contributed by atoms with van der Waals surface area (Å²) in [6.07, 6.45) is 3.03. The SMILES string of the molecule is C=C(C)C(=O)OC12CC3CC(O)(CC(O)(C3)C1C)C2. The fourth-order valence-corrected chi connectivity index (χ4v) is 4.81. The summed E-state index contributed by atoms with van der Waals surface area (Å²) in [7, 11) is 0. The molecule has 0 aliphatic heterocycles. The first-order chi connectivity index (χ1) is 8.68. The van der Waals surface area contributed by atoms with Crippen molar-refractivity contribution in [3.63, 3.8) is 0 Å². The Morgan fingerprint density at radius 3 is 2.53 bits per heavy atom. The molecule has 4 heteroatoms. The lowest BCUT2D eigenvalue weighted by atomic mass is 9.46. The molecule has 0 aromatic rings. The van der Waals surface area contributed by atoms with Crippen molar-refractivity contribution in [2.45, 2.75) is 62.8 Å². The molecule has 4 aliphatic rings. The highest BCUT2D eigenvalue weighted by molar-refractivity contribution is 5.87. The predicted molar refractivity (Wildman–Crippen MR) is 69.3 cm³/mol. The van der Waals surface area contributed by atoms with E-state index >= 15 is 0 Å². The standard InChI is InChI=1S/C15H22O4/c1-9(2)12(16)19-15-6-11-4-13(17,8-15)7-14(18,5-11)10(15)3/h10-11,17-18H,1,4-8H2,2-3H3. The molecule has 4 nitrogen and oxygen atoms in total. The molecule has 0 heterocycles. The topological polar surface area (TPSA) is 66.8 Å². The Kier molecular flexibility index (Phi) is 2.50. The molecule has 19 heavy (non-hydrogen) atoms. The second-order valence-corrected chi connectivity index (χ2v) is 7.12. The van der Waals surface area contributed by atoms with Crippen molar-refractivity contribution in [3.05, 3.63) is 12.2 Å². The summed E-state index contributed by atoms with van der Waals surface area (Å²) in [4.78, 5) is 11.9. The van der Waals surface area contributed by atoms with Gasteiger partial charge in [0.25, 0.3) is 0 Å². The normalized spacial score (nSPS) is 51.2. The van der Waals surface area contributed by atoms with Crippen molar-refractivity contribution in [2.24, 2.45) is 11.8 Å². The summed E-state index contributed by atoms with van der Waals surface area (Å²) >= 11 is 0. The van der Waals surface area contributed by atoms with E-state index in [2.05, 4.69) is 6.58 Å². The van der Waals surface area contributed by atoms with Crippen molar-refractivity contribution < 1.29 is 19.7 Å². The van der Waals surface area contributed by atoms with E-state index in [-0.39, 0.29) is 11.8 Å². The summed E-state index contributed by atoms with van der Waals surface area (Å²) in [6.45, 7) is 7.17. The second-order valence-electron chi connectivity index (χ2n) is 7.12. The largest absolute Gasteiger partial charge is 0.455 e. The highest BCUT2D eigenvalue weighted by atomic mass is 16.6. The van der Waals surface area contributed by atoms with Crippen LogP contribution in [0.15, 0.2) is 12.2 Å². The lowest BCUT2D eigenvalue weighted by Crippen LogP contribution is -2.71. The van der Waals surface area contributed by atoms with Crippen LogP contribution in [0.25, 0.3) is 0 Å². The van der Waals surface area contributed by atoms with Crippen LogP contribution in [-0.4, -0.2) is 33.0 Å². The van der Waals surface area contributed by atoms with Crippen molar-refractivity contribution in [2.75, 3.05) is 0 Å². The Bertz CT molecular complexity index is 459. The molecule has 0 spiro atoms. The van der Waals surface area contributed by atoms with Crippen LogP contribution in [0.2, 0.25) is 0 Å². The van der Waals surface area contributed by atoms with Crippen LogP contribution in [0.4, 0.5) is 0 Å². The van der Waals surface area contributed by atoms with Gasteiger partial charge in [-0.25, -0.2) is 4.79 Å². The summed E-state index contributed by atoms with van der Waals surface area (Å²) < 4.78 is 5.70. The Morgan fingerprint density at radius 1 is 1.26 bits per heavy atom. The fraction of sp³-hybridized carbons (Fsp3) is 0.800. The number of carbonyl (C=O) groups is 1. The maximum atomic E-state index is 11.9. The van der Waals surface area contributed by atoms with Crippen molar-refractivity contribution in [1.82, 2.24) is 0 Å². The van der Waals surface area contributed by atoms with Crippen molar-refractivity contribution in [1.29, 1.82) is 0 Å². The van der Waals surface area contributed by atoms with Crippen LogP contribution in [0.1, 0.15) is 46.0 Å². The smallest absolute Gasteiger partial charge is 0.333 e. The van der Waals surface area contributed by atoms with E-state index in [1.54, 1.807) is 6.92 Å². The third kappa shape index (κ3) is 1.77. The van der Waals surface area contributed by atoms with Crippen LogP contribution >= 0.6 is 0 Å². The predicted octanol–water partition coefficient (Wildman–Crippen LogP) is 1.55. The van der Waals surface area contributed by atoms with Gasteiger partial charge in [-0.3, -0.25) is 0 Å². The van der Waals surface area contributed by atoms with E-state index in [1.807, 2.05) is 6.92 Å². The highest BCUT2D eigenvalue weighted by Crippen LogP contribution is 2.63. The zero-order valence-corrected chi connectivity index (χ0v) is 11.6. The first kappa shape index (κ1) is 13.1. The minimum Gasteiger partial charge on any atom is -0.455 e. The third-order valence-corrected chi connectivity index (χ3v) is 5.45. The average Bonchev–Trinajstić information content (AvgIpc) is 2.22. The Balaban J connectivity index is 1.96. The minimum atomic E-state index is -0.899. The molecule has 0 saturated heterocycles. The van der Waals surface area contributed by atoms with Gasteiger partial charge in [0, 0.05) is 24.3 Å². The molecule has 2 N–H and O–H groups in total. The molecule has 5 unspecified atom stereocenters. The van der Waals surface area contributed by atoms with E-state index in [4.69, 9.17) is 4.74 Å². The average molecular weight is 266 g/mol. The van der Waals surface area contributed by atoms with Crippen molar-refractivity contribution >= 4 is 5.97 Å². The van der Waals surface area contributed by atoms with Gasteiger partial charge in [-0.1, -0.05) is 13.5 Å². The molecule has 106 valence electrons. The number of ether oxygens (including phenoxy) is 1. The molecule has 0 radical (unpaired) electrons.